The highest BCUT2D eigenvalue weighted by Crippen LogP contribution is 2.16. The van der Waals surface area contributed by atoms with E-state index in [-0.39, 0.29) is 11.8 Å². The lowest BCUT2D eigenvalue weighted by atomic mass is 10.1. The summed E-state index contributed by atoms with van der Waals surface area (Å²) in [4.78, 5) is 30.3. The van der Waals surface area contributed by atoms with Crippen LogP contribution < -0.4 is 5.32 Å². The number of halogens is 1. The van der Waals surface area contributed by atoms with Gasteiger partial charge in [0.05, 0.1) is 11.1 Å². The number of aromatic nitrogens is 1. The first kappa shape index (κ1) is 17.0. The largest absolute Gasteiger partial charge is 0.339 e. The molecule has 2 amide bonds. The molecule has 5 nitrogen and oxygen atoms in total. The van der Waals surface area contributed by atoms with E-state index in [1.165, 1.54) is 12.4 Å². The normalized spacial score (nSPS) is 10.2. The molecule has 0 atom stereocenters. The van der Waals surface area contributed by atoms with Crippen LogP contribution in [-0.2, 0) is 0 Å². The molecule has 23 heavy (non-hydrogen) atoms. The number of nitrogens with one attached hydrogen (secondary N) is 1. The molecule has 0 bridgehead atoms. The van der Waals surface area contributed by atoms with E-state index in [9.17, 15) is 9.59 Å². The lowest BCUT2D eigenvalue weighted by Crippen LogP contribution is -2.30. The maximum Gasteiger partial charge on any atom is 0.257 e. The number of carbonyl (C=O) groups excluding carboxylic acids is 2. The summed E-state index contributed by atoms with van der Waals surface area (Å²) in [6.07, 6.45) is 2.90. The number of hydrogen-bond acceptors (Lipinski definition) is 3. The van der Waals surface area contributed by atoms with Gasteiger partial charge in [0, 0.05) is 36.2 Å². The van der Waals surface area contributed by atoms with Crippen molar-refractivity contribution in [3.8, 4) is 0 Å². The molecular weight excluding hydrogens is 314 g/mol. The first-order chi connectivity index (χ1) is 11.0. The van der Waals surface area contributed by atoms with Gasteiger partial charge in [0.2, 0.25) is 0 Å². The zero-order valence-electron chi connectivity index (χ0n) is 13.0. The van der Waals surface area contributed by atoms with Crippen molar-refractivity contribution >= 4 is 29.1 Å². The van der Waals surface area contributed by atoms with Crippen LogP contribution >= 0.6 is 11.6 Å². The third-order valence-electron chi connectivity index (χ3n) is 3.38. The number of nitrogens with zero attached hydrogens (tertiary/aromatic N) is 2. The predicted octanol–water partition coefficient (Wildman–Crippen LogP) is 3.47. The topological polar surface area (TPSA) is 62.3 Å². The smallest absolute Gasteiger partial charge is 0.257 e. The standard InChI is InChI=1S/C17H18ClN3O2/c1-3-21(4-2)17(23)13-8-12(10-19-11-13)16(22)20-15-7-5-6-14(18)9-15/h5-11H,3-4H2,1-2H3,(H,20,22). The molecule has 1 aromatic carbocycles. The van der Waals surface area contributed by atoms with E-state index in [1.54, 1.807) is 35.2 Å². The molecule has 2 rings (SSSR count). The van der Waals surface area contributed by atoms with Gasteiger partial charge >= 0.3 is 0 Å². The number of amides is 2. The molecule has 0 saturated heterocycles. The maximum absolute atomic E-state index is 12.3. The number of anilines is 1. The van der Waals surface area contributed by atoms with E-state index < -0.39 is 0 Å². The summed E-state index contributed by atoms with van der Waals surface area (Å²) >= 11 is 5.89. The molecule has 2 aromatic rings. The summed E-state index contributed by atoms with van der Waals surface area (Å²) in [6, 6.07) is 8.41. The number of carbonyl (C=O) groups is 2. The fourth-order valence-corrected chi connectivity index (χ4v) is 2.33. The van der Waals surface area contributed by atoms with Gasteiger partial charge in [-0.2, -0.15) is 0 Å². The minimum atomic E-state index is -0.339. The van der Waals surface area contributed by atoms with Gasteiger partial charge in [-0.1, -0.05) is 17.7 Å². The first-order valence-electron chi connectivity index (χ1n) is 7.36. The highest BCUT2D eigenvalue weighted by atomic mass is 35.5. The minimum Gasteiger partial charge on any atom is -0.339 e. The Hall–Kier alpha value is -2.40. The Balaban J connectivity index is 2.19. The molecule has 0 spiro atoms. The van der Waals surface area contributed by atoms with Crippen molar-refractivity contribution in [1.82, 2.24) is 9.88 Å². The van der Waals surface area contributed by atoms with Gasteiger partial charge in [0.1, 0.15) is 0 Å². The summed E-state index contributed by atoms with van der Waals surface area (Å²) < 4.78 is 0. The molecule has 1 heterocycles. The lowest BCUT2D eigenvalue weighted by molar-refractivity contribution is 0.0772. The van der Waals surface area contributed by atoms with Gasteiger partial charge < -0.3 is 10.2 Å². The second-order valence-electron chi connectivity index (χ2n) is 4.90. The van der Waals surface area contributed by atoms with E-state index in [0.717, 1.165) is 0 Å². The Labute approximate surface area is 140 Å². The van der Waals surface area contributed by atoms with Crippen LogP contribution in [0.3, 0.4) is 0 Å². The Morgan fingerprint density at radius 2 is 1.83 bits per heavy atom. The third-order valence-corrected chi connectivity index (χ3v) is 3.62. The van der Waals surface area contributed by atoms with Crippen molar-refractivity contribution in [3.63, 3.8) is 0 Å². The molecule has 1 N–H and O–H groups in total. The molecule has 0 fully saturated rings. The van der Waals surface area contributed by atoms with E-state index in [1.807, 2.05) is 13.8 Å². The minimum absolute atomic E-state index is 0.139. The van der Waals surface area contributed by atoms with Gasteiger partial charge in [-0.05, 0) is 38.1 Å². The van der Waals surface area contributed by atoms with Crippen molar-refractivity contribution in [1.29, 1.82) is 0 Å². The number of hydrogen-bond donors (Lipinski definition) is 1. The van der Waals surface area contributed by atoms with Crippen LogP contribution in [-0.4, -0.2) is 34.8 Å². The van der Waals surface area contributed by atoms with Gasteiger partial charge in [-0.15, -0.1) is 0 Å². The van der Waals surface area contributed by atoms with E-state index in [2.05, 4.69) is 10.3 Å². The van der Waals surface area contributed by atoms with Crippen LogP contribution in [0.2, 0.25) is 5.02 Å². The molecule has 0 radical (unpaired) electrons. The Morgan fingerprint density at radius 3 is 2.48 bits per heavy atom. The highest BCUT2D eigenvalue weighted by Gasteiger charge is 2.15. The molecular formula is C17H18ClN3O2. The summed E-state index contributed by atoms with van der Waals surface area (Å²) in [7, 11) is 0. The van der Waals surface area contributed by atoms with Crippen molar-refractivity contribution < 1.29 is 9.59 Å². The van der Waals surface area contributed by atoms with E-state index in [4.69, 9.17) is 11.6 Å². The number of benzene rings is 1. The van der Waals surface area contributed by atoms with Crippen LogP contribution in [0.15, 0.2) is 42.7 Å². The molecule has 0 unspecified atom stereocenters. The van der Waals surface area contributed by atoms with E-state index >= 15 is 0 Å². The van der Waals surface area contributed by atoms with Crippen molar-refractivity contribution in [2.45, 2.75) is 13.8 Å². The fourth-order valence-electron chi connectivity index (χ4n) is 2.14. The quantitative estimate of drug-likeness (QED) is 0.912. The van der Waals surface area contributed by atoms with Crippen molar-refractivity contribution in [2.75, 3.05) is 18.4 Å². The van der Waals surface area contributed by atoms with Crippen molar-refractivity contribution in [3.05, 3.63) is 58.9 Å². The molecule has 120 valence electrons. The summed E-state index contributed by atoms with van der Waals surface area (Å²) in [5.41, 5.74) is 1.30. The fraction of sp³-hybridized carbons (Fsp3) is 0.235. The maximum atomic E-state index is 12.3. The van der Waals surface area contributed by atoms with Crippen LogP contribution in [0, 0.1) is 0 Å². The van der Waals surface area contributed by atoms with Crippen LogP contribution in [0.1, 0.15) is 34.6 Å². The number of rotatable bonds is 5. The molecule has 0 aliphatic carbocycles. The second-order valence-corrected chi connectivity index (χ2v) is 5.34. The van der Waals surface area contributed by atoms with Crippen LogP contribution in [0.4, 0.5) is 5.69 Å². The van der Waals surface area contributed by atoms with Crippen LogP contribution in [0.5, 0.6) is 0 Å². The van der Waals surface area contributed by atoms with Gasteiger partial charge in [-0.25, -0.2) is 0 Å². The van der Waals surface area contributed by atoms with E-state index in [0.29, 0.717) is 34.9 Å². The van der Waals surface area contributed by atoms with Gasteiger partial charge in [-0.3, -0.25) is 14.6 Å². The Bertz CT molecular complexity index is 714. The highest BCUT2D eigenvalue weighted by molar-refractivity contribution is 6.31. The SMILES string of the molecule is CCN(CC)C(=O)c1cncc(C(=O)Nc2cccc(Cl)c2)c1. The average molecular weight is 332 g/mol. The van der Waals surface area contributed by atoms with Gasteiger partial charge in [0.25, 0.3) is 11.8 Å². The molecule has 0 aliphatic heterocycles. The summed E-state index contributed by atoms with van der Waals surface area (Å²) in [5.74, 6) is -0.478. The monoisotopic (exact) mass is 331 g/mol. The molecule has 6 heteroatoms. The van der Waals surface area contributed by atoms with Crippen molar-refractivity contribution in [2.24, 2.45) is 0 Å². The number of pyridine rings is 1. The van der Waals surface area contributed by atoms with Crippen LogP contribution in [0.25, 0.3) is 0 Å². The summed E-state index contributed by atoms with van der Waals surface area (Å²) in [5, 5.41) is 3.27. The zero-order chi connectivity index (χ0) is 16.8. The lowest BCUT2D eigenvalue weighted by Gasteiger charge is -2.18. The second kappa shape index (κ2) is 7.74. The average Bonchev–Trinajstić information content (AvgIpc) is 2.56. The summed E-state index contributed by atoms with van der Waals surface area (Å²) in [6.45, 7) is 5.03. The Kier molecular flexibility index (Phi) is 5.71. The Morgan fingerprint density at radius 1 is 1.13 bits per heavy atom. The van der Waals surface area contributed by atoms with Gasteiger partial charge in [0.15, 0.2) is 0 Å². The molecule has 1 aromatic heterocycles. The zero-order valence-corrected chi connectivity index (χ0v) is 13.8. The first-order valence-corrected chi connectivity index (χ1v) is 7.74. The molecule has 0 aliphatic rings. The predicted molar refractivity (Wildman–Crippen MR) is 90.9 cm³/mol. The third kappa shape index (κ3) is 4.29. The molecule has 0 saturated carbocycles.